The summed E-state index contributed by atoms with van der Waals surface area (Å²) in [4.78, 5) is 10.0. The lowest BCUT2D eigenvalue weighted by Crippen LogP contribution is -1.98. The second kappa shape index (κ2) is 7.00. The van der Waals surface area contributed by atoms with Gasteiger partial charge in [-0.05, 0) is 39.5 Å². The summed E-state index contributed by atoms with van der Waals surface area (Å²) < 4.78 is 0.989. The number of nitrogens with zero attached hydrogens (tertiary/aromatic N) is 2. The van der Waals surface area contributed by atoms with Gasteiger partial charge in [-0.1, -0.05) is 74.5 Å². The van der Waals surface area contributed by atoms with E-state index in [2.05, 4.69) is 66.2 Å². The molecule has 0 bridgehead atoms. The SMILES string of the molecule is CC(C)c1cc(Br)c2nc(-c3ccccc3)c(-c3ccccc3)nc2c1. The first kappa shape index (κ1) is 16.9. The van der Waals surface area contributed by atoms with Gasteiger partial charge in [0.05, 0.1) is 16.9 Å². The Kier molecular flexibility index (Phi) is 4.56. The van der Waals surface area contributed by atoms with Gasteiger partial charge in [0.1, 0.15) is 5.52 Å². The second-order valence-corrected chi connectivity index (χ2v) is 7.53. The first-order valence-electron chi connectivity index (χ1n) is 8.75. The fraction of sp³-hybridized carbons (Fsp3) is 0.130. The summed E-state index contributed by atoms with van der Waals surface area (Å²) in [7, 11) is 0. The summed E-state index contributed by atoms with van der Waals surface area (Å²) in [5.41, 5.74) is 7.03. The van der Waals surface area contributed by atoms with Crippen LogP contribution in [-0.4, -0.2) is 9.97 Å². The molecule has 1 aromatic heterocycles. The van der Waals surface area contributed by atoms with E-state index in [9.17, 15) is 0 Å². The molecular formula is C23H19BrN2. The summed E-state index contributed by atoms with van der Waals surface area (Å²) in [6.45, 7) is 4.38. The molecule has 0 saturated carbocycles. The van der Waals surface area contributed by atoms with Crippen LogP contribution in [0.25, 0.3) is 33.5 Å². The number of aromatic nitrogens is 2. The van der Waals surface area contributed by atoms with Crippen molar-refractivity contribution in [3.05, 3.63) is 82.8 Å². The van der Waals surface area contributed by atoms with Gasteiger partial charge in [0.15, 0.2) is 0 Å². The van der Waals surface area contributed by atoms with E-state index in [0.29, 0.717) is 5.92 Å². The number of halogens is 1. The fourth-order valence-electron chi connectivity index (χ4n) is 3.07. The summed E-state index contributed by atoms with van der Waals surface area (Å²) in [5, 5.41) is 0. The van der Waals surface area contributed by atoms with E-state index in [4.69, 9.17) is 9.97 Å². The summed E-state index contributed by atoms with van der Waals surface area (Å²) >= 11 is 3.70. The Balaban J connectivity index is 2.05. The Morgan fingerprint density at radius 1 is 0.731 bits per heavy atom. The lowest BCUT2D eigenvalue weighted by atomic mass is 10.0. The molecule has 2 nitrogen and oxygen atoms in total. The van der Waals surface area contributed by atoms with Gasteiger partial charge in [-0.15, -0.1) is 0 Å². The number of fused-ring (bicyclic) bond motifs is 1. The van der Waals surface area contributed by atoms with Crippen LogP contribution >= 0.6 is 15.9 Å². The largest absolute Gasteiger partial charge is 0.244 e. The third-order valence-electron chi connectivity index (χ3n) is 4.51. The highest BCUT2D eigenvalue weighted by Crippen LogP contribution is 2.34. The maximum absolute atomic E-state index is 5.03. The van der Waals surface area contributed by atoms with Crippen LogP contribution in [0.1, 0.15) is 25.3 Å². The third-order valence-corrected chi connectivity index (χ3v) is 5.11. The zero-order chi connectivity index (χ0) is 18.1. The van der Waals surface area contributed by atoms with Crippen LogP contribution < -0.4 is 0 Å². The van der Waals surface area contributed by atoms with Crippen molar-refractivity contribution in [1.29, 1.82) is 0 Å². The Labute approximate surface area is 162 Å². The van der Waals surface area contributed by atoms with E-state index in [1.165, 1.54) is 5.56 Å². The quantitative estimate of drug-likeness (QED) is 0.374. The number of rotatable bonds is 3. The minimum atomic E-state index is 0.437. The smallest absolute Gasteiger partial charge is 0.104 e. The molecule has 0 fully saturated rings. The lowest BCUT2D eigenvalue weighted by molar-refractivity contribution is 0.867. The van der Waals surface area contributed by atoms with Crippen LogP contribution in [0.4, 0.5) is 0 Å². The molecule has 4 rings (SSSR count). The first-order chi connectivity index (χ1) is 12.6. The maximum Gasteiger partial charge on any atom is 0.104 e. The van der Waals surface area contributed by atoms with Crippen molar-refractivity contribution in [2.24, 2.45) is 0 Å². The van der Waals surface area contributed by atoms with E-state index in [1.54, 1.807) is 0 Å². The molecule has 0 atom stereocenters. The van der Waals surface area contributed by atoms with E-state index in [0.717, 1.165) is 38.0 Å². The molecule has 0 radical (unpaired) electrons. The third kappa shape index (κ3) is 3.15. The second-order valence-electron chi connectivity index (χ2n) is 6.68. The van der Waals surface area contributed by atoms with Crippen LogP contribution in [0.3, 0.4) is 0 Å². The minimum absolute atomic E-state index is 0.437. The molecule has 0 unspecified atom stereocenters. The highest BCUT2D eigenvalue weighted by atomic mass is 79.9. The van der Waals surface area contributed by atoms with Crippen LogP contribution in [0, 0.1) is 0 Å². The van der Waals surface area contributed by atoms with Gasteiger partial charge in [0.25, 0.3) is 0 Å². The molecule has 3 aromatic carbocycles. The van der Waals surface area contributed by atoms with E-state index in [-0.39, 0.29) is 0 Å². The number of hydrogen-bond donors (Lipinski definition) is 0. The van der Waals surface area contributed by atoms with Crippen molar-refractivity contribution in [2.75, 3.05) is 0 Å². The molecule has 4 aromatic rings. The average molecular weight is 403 g/mol. The molecule has 0 N–H and O–H groups in total. The highest BCUT2D eigenvalue weighted by Gasteiger charge is 2.15. The van der Waals surface area contributed by atoms with Gasteiger partial charge in [-0.3, -0.25) is 0 Å². The predicted molar refractivity (Wildman–Crippen MR) is 112 cm³/mol. The lowest BCUT2D eigenvalue weighted by Gasteiger charge is -2.13. The van der Waals surface area contributed by atoms with Gasteiger partial charge in [-0.2, -0.15) is 0 Å². The van der Waals surface area contributed by atoms with Crippen molar-refractivity contribution in [3.8, 4) is 22.5 Å². The van der Waals surface area contributed by atoms with Crippen molar-refractivity contribution in [2.45, 2.75) is 19.8 Å². The molecule has 0 aliphatic carbocycles. The monoisotopic (exact) mass is 402 g/mol. The molecule has 0 aliphatic heterocycles. The molecule has 0 spiro atoms. The van der Waals surface area contributed by atoms with Gasteiger partial charge >= 0.3 is 0 Å². The zero-order valence-corrected chi connectivity index (χ0v) is 16.4. The Morgan fingerprint density at radius 3 is 1.81 bits per heavy atom. The molecule has 26 heavy (non-hydrogen) atoms. The van der Waals surface area contributed by atoms with Crippen LogP contribution in [0.2, 0.25) is 0 Å². The molecular weight excluding hydrogens is 384 g/mol. The van der Waals surface area contributed by atoms with Crippen molar-refractivity contribution < 1.29 is 0 Å². The Bertz CT molecular complexity index is 1060. The Morgan fingerprint density at radius 2 is 1.27 bits per heavy atom. The van der Waals surface area contributed by atoms with E-state index >= 15 is 0 Å². The summed E-state index contributed by atoms with van der Waals surface area (Å²) in [5.74, 6) is 0.437. The van der Waals surface area contributed by atoms with Crippen LogP contribution in [0.15, 0.2) is 77.3 Å². The van der Waals surface area contributed by atoms with Gasteiger partial charge in [0, 0.05) is 15.6 Å². The predicted octanol–water partition coefficient (Wildman–Crippen LogP) is 6.85. The van der Waals surface area contributed by atoms with Gasteiger partial charge in [-0.25, -0.2) is 9.97 Å². The number of benzene rings is 3. The topological polar surface area (TPSA) is 25.8 Å². The minimum Gasteiger partial charge on any atom is -0.244 e. The van der Waals surface area contributed by atoms with E-state index < -0.39 is 0 Å². The zero-order valence-electron chi connectivity index (χ0n) is 14.8. The molecule has 128 valence electrons. The average Bonchev–Trinajstić information content (AvgIpc) is 2.68. The van der Waals surface area contributed by atoms with Crippen LogP contribution in [-0.2, 0) is 0 Å². The maximum atomic E-state index is 5.03. The fourth-order valence-corrected chi connectivity index (χ4v) is 3.62. The van der Waals surface area contributed by atoms with Crippen molar-refractivity contribution in [1.82, 2.24) is 9.97 Å². The summed E-state index contributed by atoms with van der Waals surface area (Å²) in [6, 6.07) is 24.8. The number of hydrogen-bond acceptors (Lipinski definition) is 2. The highest BCUT2D eigenvalue weighted by molar-refractivity contribution is 9.10. The summed E-state index contributed by atoms with van der Waals surface area (Å²) in [6.07, 6.45) is 0. The van der Waals surface area contributed by atoms with Gasteiger partial charge < -0.3 is 0 Å². The van der Waals surface area contributed by atoms with E-state index in [1.807, 2.05) is 36.4 Å². The molecule has 0 aliphatic rings. The van der Waals surface area contributed by atoms with Crippen LogP contribution in [0.5, 0.6) is 0 Å². The van der Waals surface area contributed by atoms with Crippen molar-refractivity contribution >= 4 is 27.0 Å². The molecule has 1 heterocycles. The first-order valence-corrected chi connectivity index (χ1v) is 9.55. The molecule has 0 saturated heterocycles. The Hall–Kier alpha value is -2.52. The molecule has 3 heteroatoms. The normalized spacial score (nSPS) is 11.2. The van der Waals surface area contributed by atoms with Gasteiger partial charge in [0.2, 0.25) is 0 Å². The standard InChI is InChI=1S/C23H19BrN2/c1-15(2)18-13-19(24)23-20(14-18)25-21(16-9-5-3-6-10-16)22(26-23)17-11-7-4-8-12-17/h3-15H,1-2H3. The van der Waals surface area contributed by atoms with Crippen molar-refractivity contribution in [3.63, 3.8) is 0 Å². The molecule has 0 amide bonds.